The number of aliphatic carboxylic acids is 1. The van der Waals surface area contributed by atoms with Crippen LogP contribution in [0.3, 0.4) is 0 Å². The molecule has 2 rings (SSSR count). The first-order valence-electron chi connectivity index (χ1n) is 5.93. The predicted molar refractivity (Wildman–Crippen MR) is 70.6 cm³/mol. The van der Waals surface area contributed by atoms with Crippen LogP contribution in [0.15, 0.2) is 23.1 Å². The molecule has 0 radical (unpaired) electrons. The third-order valence-corrected chi connectivity index (χ3v) is 4.87. The molecule has 1 N–H and O–H groups in total. The molecule has 0 amide bonds. The fourth-order valence-corrected chi connectivity index (χ4v) is 3.37. The summed E-state index contributed by atoms with van der Waals surface area (Å²) in [4.78, 5) is 12.1. The summed E-state index contributed by atoms with van der Waals surface area (Å²) in [7, 11) is 0. The Morgan fingerprint density at radius 1 is 1.41 bits per heavy atom. The molecule has 1 aliphatic rings. The van der Waals surface area contributed by atoms with Gasteiger partial charge in [0, 0.05) is 10.6 Å². The van der Waals surface area contributed by atoms with E-state index in [2.05, 4.69) is 32.0 Å². The van der Waals surface area contributed by atoms with Gasteiger partial charge < -0.3 is 5.11 Å². The number of hydrogen-bond acceptors (Lipinski definition) is 2. The maximum absolute atomic E-state index is 10.8. The minimum atomic E-state index is -0.663. The lowest BCUT2D eigenvalue weighted by Crippen LogP contribution is -2.11. The SMILES string of the molecule is Cc1ccc(SCC2(CC(=O)O)CC2)c(C)c1. The molecule has 2 nitrogen and oxygen atoms in total. The summed E-state index contributed by atoms with van der Waals surface area (Å²) >= 11 is 1.80. The maximum atomic E-state index is 10.8. The molecule has 0 aliphatic heterocycles. The molecular formula is C14H18O2S. The summed E-state index contributed by atoms with van der Waals surface area (Å²) in [6.07, 6.45) is 2.46. The van der Waals surface area contributed by atoms with Crippen molar-refractivity contribution in [3.05, 3.63) is 29.3 Å². The molecule has 1 fully saturated rings. The highest BCUT2D eigenvalue weighted by Gasteiger charge is 2.44. The number of carbonyl (C=O) groups is 1. The van der Waals surface area contributed by atoms with E-state index in [1.165, 1.54) is 16.0 Å². The minimum Gasteiger partial charge on any atom is -0.481 e. The highest BCUT2D eigenvalue weighted by Crippen LogP contribution is 2.52. The highest BCUT2D eigenvalue weighted by molar-refractivity contribution is 7.99. The number of benzene rings is 1. The van der Waals surface area contributed by atoms with Gasteiger partial charge in [0.05, 0.1) is 6.42 Å². The largest absolute Gasteiger partial charge is 0.481 e. The van der Waals surface area contributed by atoms with Crippen LogP contribution in [0, 0.1) is 19.3 Å². The van der Waals surface area contributed by atoms with Crippen LogP contribution in [0.2, 0.25) is 0 Å². The van der Waals surface area contributed by atoms with Crippen molar-refractivity contribution in [2.45, 2.75) is 38.0 Å². The zero-order valence-corrected chi connectivity index (χ0v) is 11.1. The summed E-state index contributed by atoms with van der Waals surface area (Å²) < 4.78 is 0. The van der Waals surface area contributed by atoms with Gasteiger partial charge in [-0.2, -0.15) is 0 Å². The molecule has 0 spiro atoms. The molecule has 1 aliphatic carbocycles. The van der Waals surface area contributed by atoms with Gasteiger partial charge in [0.2, 0.25) is 0 Å². The number of carboxylic acid groups (broad SMARTS) is 1. The van der Waals surface area contributed by atoms with Crippen LogP contribution in [0.4, 0.5) is 0 Å². The monoisotopic (exact) mass is 250 g/mol. The van der Waals surface area contributed by atoms with Crippen molar-refractivity contribution in [1.29, 1.82) is 0 Å². The van der Waals surface area contributed by atoms with Crippen molar-refractivity contribution in [2.24, 2.45) is 5.41 Å². The lowest BCUT2D eigenvalue weighted by atomic mass is 10.1. The first-order valence-corrected chi connectivity index (χ1v) is 6.91. The van der Waals surface area contributed by atoms with Crippen molar-refractivity contribution in [3.8, 4) is 0 Å². The molecule has 1 aromatic rings. The predicted octanol–water partition coefficient (Wildman–Crippen LogP) is 3.65. The van der Waals surface area contributed by atoms with Gasteiger partial charge in [-0.1, -0.05) is 17.7 Å². The molecule has 3 heteroatoms. The van der Waals surface area contributed by atoms with E-state index in [9.17, 15) is 4.79 Å². The van der Waals surface area contributed by atoms with Gasteiger partial charge in [-0.25, -0.2) is 0 Å². The summed E-state index contributed by atoms with van der Waals surface area (Å²) in [6.45, 7) is 4.21. The van der Waals surface area contributed by atoms with Crippen LogP contribution in [-0.4, -0.2) is 16.8 Å². The molecular weight excluding hydrogens is 232 g/mol. The zero-order valence-electron chi connectivity index (χ0n) is 10.3. The Morgan fingerprint density at radius 2 is 2.12 bits per heavy atom. The van der Waals surface area contributed by atoms with Crippen molar-refractivity contribution >= 4 is 17.7 Å². The Labute approximate surface area is 106 Å². The summed E-state index contributed by atoms with van der Waals surface area (Å²) in [5.41, 5.74) is 2.65. The van der Waals surface area contributed by atoms with E-state index in [1.807, 2.05) is 0 Å². The van der Waals surface area contributed by atoms with Crippen LogP contribution in [0.25, 0.3) is 0 Å². The lowest BCUT2D eigenvalue weighted by molar-refractivity contribution is -0.138. The quantitative estimate of drug-likeness (QED) is 0.810. The van der Waals surface area contributed by atoms with Crippen molar-refractivity contribution in [3.63, 3.8) is 0 Å². The van der Waals surface area contributed by atoms with Gasteiger partial charge in [-0.05, 0) is 43.7 Å². The molecule has 0 heterocycles. The smallest absolute Gasteiger partial charge is 0.303 e. The Hall–Kier alpha value is -0.960. The van der Waals surface area contributed by atoms with Gasteiger partial charge in [0.25, 0.3) is 0 Å². The first kappa shape index (κ1) is 12.5. The second kappa shape index (κ2) is 4.73. The Bertz CT molecular complexity index is 436. The van der Waals surface area contributed by atoms with E-state index in [0.29, 0.717) is 6.42 Å². The van der Waals surface area contributed by atoms with Crippen LogP contribution in [0.1, 0.15) is 30.4 Å². The molecule has 1 aromatic carbocycles. The standard InChI is InChI=1S/C14H18O2S/c1-10-3-4-12(11(2)7-10)17-9-14(5-6-14)8-13(15)16/h3-4,7H,5-6,8-9H2,1-2H3,(H,15,16). The maximum Gasteiger partial charge on any atom is 0.303 e. The topological polar surface area (TPSA) is 37.3 Å². The molecule has 0 unspecified atom stereocenters. The van der Waals surface area contributed by atoms with Crippen LogP contribution < -0.4 is 0 Å². The Morgan fingerprint density at radius 3 is 2.65 bits per heavy atom. The van der Waals surface area contributed by atoms with Crippen LogP contribution in [-0.2, 0) is 4.79 Å². The first-order chi connectivity index (χ1) is 8.01. The molecule has 0 saturated heterocycles. The number of rotatable bonds is 5. The van der Waals surface area contributed by atoms with Gasteiger partial charge >= 0.3 is 5.97 Å². The molecule has 92 valence electrons. The molecule has 17 heavy (non-hydrogen) atoms. The molecule has 0 aromatic heterocycles. The number of aryl methyl sites for hydroxylation is 2. The Kier molecular flexibility index (Phi) is 3.48. The summed E-state index contributed by atoms with van der Waals surface area (Å²) in [6, 6.07) is 6.44. The second-order valence-corrected chi connectivity index (χ2v) is 6.15. The van der Waals surface area contributed by atoms with Crippen LogP contribution in [0.5, 0.6) is 0 Å². The fourth-order valence-electron chi connectivity index (χ4n) is 2.06. The average Bonchev–Trinajstić information content (AvgIpc) is 2.96. The summed E-state index contributed by atoms with van der Waals surface area (Å²) in [5.74, 6) is 0.271. The molecule has 1 saturated carbocycles. The number of carboxylic acids is 1. The third kappa shape index (κ3) is 3.25. The number of hydrogen-bond donors (Lipinski definition) is 1. The van der Waals surface area contributed by atoms with Crippen molar-refractivity contribution < 1.29 is 9.90 Å². The van der Waals surface area contributed by atoms with E-state index in [-0.39, 0.29) is 5.41 Å². The van der Waals surface area contributed by atoms with Crippen LogP contribution >= 0.6 is 11.8 Å². The zero-order chi connectivity index (χ0) is 12.5. The van der Waals surface area contributed by atoms with Gasteiger partial charge in [0.15, 0.2) is 0 Å². The van der Waals surface area contributed by atoms with E-state index >= 15 is 0 Å². The lowest BCUT2D eigenvalue weighted by Gasteiger charge is -2.13. The summed E-state index contributed by atoms with van der Waals surface area (Å²) in [5, 5.41) is 8.87. The second-order valence-electron chi connectivity index (χ2n) is 5.13. The normalized spacial score (nSPS) is 16.8. The molecule has 0 atom stereocenters. The average molecular weight is 250 g/mol. The fraction of sp³-hybridized carbons (Fsp3) is 0.500. The minimum absolute atomic E-state index is 0.0772. The van der Waals surface area contributed by atoms with E-state index in [0.717, 1.165) is 18.6 Å². The third-order valence-electron chi connectivity index (χ3n) is 3.35. The number of thioether (sulfide) groups is 1. The van der Waals surface area contributed by atoms with E-state index in [1.54, 1.807) is 11.8 Å². The van der Waals surface area contributed by atoms with Gasteiger partial charge in [-0.15, -0.1) is 11.8 Å². The Balaban J connectivity index is 1.96. The van der Waals surface area contributed by atoms with Gasteiger partial charge in [-0.3, -0.25) is 4.79 Å². The van der Waals surface area contributed by atoms with Crippen molar-refractivity contribution in [1.82, 2.24) is 0 Å². The van der Waals surface area contributed by atoms with E-state index < -0.39 is 5.97 Å². The van der Waals surface area contributed by atoms with Crippen molar-refractivity contribution in [2.75, 3.05) is 5.75 Å². The van der Waals surface area contributed by atoms with Gasteiger partial charge in [0.1, 0.15) is 0 Å². The highest BCUT2D eigenvalue weighted by atomic mass is 32.2. The molecule has 0 bridgehead atoms. The van der Waals surface area contributed by atoms with E-state index in [4.69, 9.17) is 5.11 Å².